The lowest BCUT2D eigenvalue weighted by Crippen LogP contribution is -2.28. The third-order valence-electron chi connectivity index (χ3n) is 1.88. The van der Waals surface area contributed by atoms with Crippen molar-refractivity contribution in [1.82, 2.24) is 4.98 Å². The van der Waals surface area contributed by atoms with Gasteiger partial charge in [0.25, 0.3) is 0 Å². The zero-order valence-corrected chi connectivity index (χ0v) is 9.07. The number of carbonyl (C=O) groups is 2. The van der Waals surface area contributed by atoms with Crippen LogP contribution in [-0.4, -0.2) is 17.2 Å². The van der Waals surface area contributed by atoms with Gasteiger partial charge in [0, 0.05) is 11.6 Å². The number of pyridine rings is 1. The van der Waals surface area contributed by atoms with Crippen molar-refractivity contribution < 1.29 is 9.59 Å². The molecule has 1 N–H and O–H groups in total. The van der Waals surface area contributed by atoms with E-state index in [0.717, 1.165) is 0 Å². The third kappa shape index (κ3) is 2.87. The van der Waals surface area contributed by atoms with Gasteiger partial charge in [-0.2, -0.15) is 0 Å². The Morgan fingerprint density at radius 1 is 1.47 bits per heavy atom. The van der Waals surface area contributed by atoms with Crippen LogP contribution < -0.4 is 5.32 Å². The van der Waals surface area contributed by atoms with E-state index in [9.17, 15) is 9.59 Å². The fourth-order valence-corrected chi connectivity index (χ4v) is 0.927. The molecule has 0 aliphatic rings. The van der Waals surface area contributed by atoms with E-state index in [1.54, 1.807) is 32.9 Å². The number of hydrogen-bond donors (Lipinski definition) is 1. The molecule has 15 heavy (non-hydrogen) atoms. The summed E-state index contributed by atoms with van der Waals surface area (Å²) in [4.78, 5) is 26.1. The molecule has 1 heterocycles. The molecule has 1 amide bonds. The molecule has 0 radical (unpaired) electrons. The molecular formula is C11H14N2O2. The number of rotatable bonds is 2. The van der Waals surface area contributed by atoms with Gasteiger partial charge in [-0.05, 0) is 12.1 Å². The minimum atomic E-state index is -0.490. The largest absolute Gasteiger partial charge is 0.324 e. The molecule has 1 aromatic heterocycles. The van der Waals surface area contributed by atoms with E-state index in [4.69, 9.17) is 0 Å². The van der Waals surface area contributed by atoms with Gasteiger partial charge in [0.2, 0.25) is 5.91 Å². The molecule has 80 valence electrons. The maximum atomic E-state index is 11.6. The summed E-state index contributed by atoms with van der Waals surface area (Å²) in [5.41, 5.74) is 0.207. The minimum absolute atomic E-state index is 0.140. The van der Waals surface area contributed by atoms with E-state index >= 15 is 0 Å². The Kier molecular flexibility index (Phi) is 3.19. The zero-order chi connectivity index (χ0) is 11.5. The lowest BCUT2D eigenvalue weighted by atomic mass is 9.95. The highest BCUT2D eigenvalue weighted by molar-refractivity contribution is 5.97. The van der Waals surface area contributed by atoms with E-state index < -0.39 is 5.41 Å². The van der Waals surface area contributed by atoms with E-state index in [1.807, 2.05) is 0 Å². The first-order chi connectivity index (χ1) is 6.95. The maximum Gasteiger partial charge on any atom is 0.229 e. The van der Waals surface area contributed by atoms with Crippen LogP contribution in [-0.2, 0) is 4.79 Å². The molecule has 1 aromatic rings. The number of aromatic nitrogens is 1. The van der Waals surface area contributed by atoms with Crippen LogP contribution in [0.15, 0.2) is 18.3 Å². The van der Waals surface area contributed by atoms with Crippen molar-refractivity contribution in [2.75, 3.05) is 5.32 Å². The smallest absolute Gasteiger partial charge is 0.229 e. The second kappa shape index (κ2) is 4.21. The number of anilines is 1. The van der Waals surface area contributed by atoms with E-state index in [2.05, 4.69) is 10.3 Å². The molecule has 0 fully saturated rings. The summed E-state index contributed by atoms with van der Waals surface area (Å²) >= 11 is 0. The van der Waals surface area contributed by atoms with Crippen LogP contribution in [0.1, 0.15) is 31.3 Å². The Hall–Kier alpha value is -1.71. The van der Waals surface area contributed by atoms with Crippen LogP contribution in [0.2, 0.25) is 0 Å². The molecule has 4 heteroatoms. The predicted octanol–water partition coefficient (Wildman–Crippen LogP) is 1.88. The molecule has 0 aliphatic heterocycles. The fraction of sp³-hybridized carbons (Fsp3) is 0.364. The lowest BCUT2D eigenvalue weighted by Gasteiger charge is -2.17. The molecule has 0 aliphatic carbocycles. The molecule has 0 saturated heterocycles. The topological polar surface area (TPSA) is 59.1 Å². The molecule has 4 nitrogen and oxygen atoms in total. The average molecular weight is 206 g/mol. The Morgan fingerprint density at radius 2 is 2.13 bits per heavy atom. The monoisotopic (exact) mass is 206 g/mol. The number of nitrogens with zero attached hydrogens (tertiary/aromatic N) is 1. The van der Waals surface area contributed by atoms with Crippen molar-refractivity contribution in [3.63, 3.8) is 0 Å². The molecule has 0 unspecified atom stereocenters. The van der Waals surface area contributed by atoms with Gasteiger partial charge in [-0.1, -0.05) is 20.8 Å². The molecule has 0 spiro atoms. The van der Waals surface area contributed by atoms with Gasteiger partial charge in [0.05, 0.1) is 5.69 Å². The standard InChI is InChI=1S/C11H14N2O2/c1-11(2,3)10(15)13-8-5-4-6-12-9(8)7-14/h4-7H,1-3H3,(H,13,15). The first kappa shape index (κ1) is 11.4. The maximum absolute atomic E-state index is 11.6. The van der Waals surface area contributed by atoms with Gasteiger partial charge in [-0.3, -0.25) is 14.6 Å². The van der Waals surface area contributed by atoms with Crippen LogP contribution in [0.25, 0.3) is 0 Å². The highest BCUT2D eigenvalue weighted by Gasteiger charge is 2.21. The van der Waals surface area contributed by atoms with E-state index in [-0.39, 0.29) is 11.6 Å². The Balaban J connectivity index is 2.90. The summed E-state index contributed by atoms with van der Waals surface area (Å²) in [6, 6.07) is 3.33. The first-order valence-electron chi connectivity index (χ1n) is 4.67. The van der Waals surface area contributed by atoms with Crippen LogP contribution >= 0.6 is 0 Å². The molecule has 0 atom stereocenters. The summed E-state index contributed by atoms with van der Waals surface area (Å²) in [5.74, 6) is -0.140. The predicted molar refractivity (Wildman–Crippen MR) is 57.7 cm³/mol. The Morgan fingerprint density at radius 3 is 2.67 bits per heavy atom. The molecule has 0 bridgehead atoms. The van der Waals surface area contributed by atoms with Crippen molar-refractivity contribution in [3.8, 4) is 0 Å². The number of amides is 1. The van der Waals surface area contributed by atoms with Gasteiger partial charge < -0.3 is 5.32 Å². The number of nitrogens with one attached hydrogen (secondary N) is 1. The summed E-state index contributed by atoms with van der Waals surface area (Å²) in [5, 5.41) is 2.67. The Bertz CT molecular complexity index is 380. The molecule has 1 rings (SSSR count). The molecular weight excluding hydrogens is 192 g/mol. The quantitative estimate of drug-likeness (QED) is 0.751. The van der Waals surface area contributed by atoms with Gasteiger partial charge in [-0.25, -0.2) is 0 Å². The zero-order valence-electron chi connectivity index (χ0n) is 9.07. The minimum Gasteiger partial charge on any atom is -0.324 e. The van der Waals surface area contributed by atoms with Crippen molar-refractivity contribution in [3.05, 3.63) is 24.0 Å². The number of hydrogen-bond acceptors (Lipinski definition) is 3. The second-order valence-corrected chi connectivity index (χ2v) is 4.26. The van der Waals surface area contributed by atoms with Gasteiger partial charge in [0.15, 0.2) is 6.29 Å². The van der Waals surface area contributed by atoms with Gasteiger partial charge >= 0.3 is 0 Å². The van der Waals surface area contributed by atoms with Crippen LogP contribution in [0.4, 0.5) is 5.69 Å². The normalized spacial score (nSPS) is 10.9. The van der Waals surface area contributed by atoms with Crippen LogP contribution in [0.3, 0.4) is 0 Å². The van der Waals surface area contributed by atoms with E-state index in [1.165, 1.54) is 6.20 Å². The van der Waals surface area contributed by atoms with Crippen molar-refractivity contribution in [2.24, 2.45) is 5.41 Å². The van der Waals surface area contributed by atoms with Crippen molar-refractivity contribution >= 4 is 17.9 Å². The third-order valence-corrected chi connectivity index (χ3v) is 1.88. The summed E-state index contributed by atoms with van der Waals surface area (Å²) < 4.78 is 0. The highest BCUT2D eigenvalue weighted by Crippen LogP contribution is 2.18. The summed E-state index contributed by atoms with van der Waals surface area (Å²) in [6.07, 6.45) is 2.13. The van der Waals surface area contributed by atoms with E-state index in [0.29, 0.717) is 12.0 Å². The van der Waals surface area contributed by atoms with Crippen molar-refractivity contribution in [2.45, 2.75) is 20.8 Å². The van der Waals surface area contributed by atoms with Crippen LogP contribution in [0, 0.1) is 5.41 Å². The SMILES string of the molecule is CC(C)(C)C(=O)Nc1cccnc1C=O. The number of aldehydes is 1. The summed E-state index contributed by atoms with van der Waals surface area (Å²) in [7, 11) is 0. The lowest BCUT2D eigenvalue weighted by molar-refractivity contribution is -0.123. The average Bonchev–Trinajstić information content (AvgIpc) is 2.17. The number of carbonyl (C=O) groups excluding carboxylic acids is 2. The fourth-order valence-electron chi connectivity index (χ4n) is 0.927. The highest BCUT2D eigenvalue weighted by atomic mass is 16.2. The molecule has 0 saturated carbocycles. The first-order valence-corrected chi connectivity index (χ1v) is 4.67. The summed E-state index contributed by atoms with van der Waals surface area (Å²) in [6.45, 7) is 5.41. The molecule has 0 aromatic carbocycles. The Labute approximate surface area is 88.7 Å². The van der Waals surface area contributed by atoms with Crippen LogP contribution in [0.5, 0.6) is 0 Å². The second-order valence-electron chi connectivity index (χ2n) is 4.26. The van der Waals surface area contributed by atoms with Crippen molar-refractivity contribution in [1.29, 1.82) is 0 Å². The van der Waals surface area contributed by atoms with Gasteiger partial charge in [-0.15, -0.1) is 0 Å². The van der Waals surface area contributed by atoms with Gasteiger partial charge in [0.1, 0.15) is 5.69 Å².